The molecule has 4 rings (SSSR count). The fraction of sp³-hybridized carbons (Fsp3) is 0.417. The third-order valence-corrected chi connectivity index (χ3v) is 6.37. The number of rotatable bonds is 4. The number of halogens is 1. The van der Waals surface area contributed by atoms with Crippen molar-refractivity contribution in [3.63, 3.8) is 0 Å². The van der Waals surface area contributed by atoms with Gasteiger partial charge >= 0.3 is 0 Å². The van der Waals surface area contributed by atoms with Crippen molar-refractivity contribution in [1.82, 2.24) is 10.6 Å². The molecule has 1 aliphatic carbocycles. The minimum absolute atomic E-state index is 0. The molecule has 0 radical (unpaired) electrons. The van der Waals surface area contributed by atoms with E-state index in [2.05, 4.69) is 50.9 Å². The fourth-order valence-electron chi connectivity index (χ4n) is 4.92. The van der Waals surface area contributed by atoms with Crippen molar-refractivity contribution in [2.75, 3.05) is 32.1 Å². The summed E-state index contributed by atoms with van der Waals surface area (Å²) in [5, 5.41) is 6.23. The first-order valence-electron chi connectivity index (χ1n) is 10.6. The monoisotopic (exact) mass is 518 g/mol. The number of hydrogen-bond donors (Lipinski definition) is 2. The van der Waals surface area contributed by atoms with Crippen molar-refractivity contribution in [2.24, 2.45) is 4.99 Å². The zero-order chi connectivity index (χ0) is 20.3. The van der Waals surface area contributed by atoms with Crippen LogP contribution in [0.15, 0.2) is 53.5 Å². The Morgan fingerprint density at radius 3 is 2.63 bits per heavy atom. The fourth-order valence-corrected chi connectivity index (χ4v) is 4.92. The molecule has 0 aromatic heterocycles. The molecule has 2 aliphatic rings. The Kier molecular flexibility index (Phi) is 7.39. The molecule has 0 atom stereocenters. The van der Waals surface area contributed by atoms with Gasteiger partial charge in [0.15, 0.2) is 5.96 Å². The van der Waals surface area contributed by atoms with Gasteiger partial charge in [-0.25, -0.2) is 0 Å². The first-order chi connectivity index (χ1) is 14.2. The van der Waals surface area contributed by atoms with Gasteiger partial charge in [0.1, 0.15) is 0 Å². The van der Waals surface area contributed by atoms with E-state index >= 15 is 0 Å². The summed E-state index contributed by atoms with van der Waals surface area (Å²) in [6.07, 6.45) is 6.00. The highest BCUT2D eigenvalue weighted by molar-refractivity contribution is 14.0. The molecule has 0 saturated heterocycles. The third kappa shape index (κ3) is 4.33. The van der Waals surface area contributed by atoms with E-state index in [4.69, 9.17) is 0 Å². The first-order valence-corrected chi connectivity index (χ1v) is 10.6. The number of nitrogens with one attached hydrogen (secondary N) is 2. The molecule has 1 saturated carbocycles. The molecule has 160 valence electrons. The van der Waals surface area contributed by atoms with Crippen LogP contribution in [0.2, 0.25) is 0 Å². The molecule has 1 spiro atoms. The summed E-state index contributed by atoms with van der Waals surface area (Å²) in [5.74, 6) is 0.884. The minimum atomic E-state index is -0.0499. The van der Waals surface area contributed by atoms with Crippen LogP contribution in [-0.4, -0.2) is 39.1 Å². The lowest BCUT2D eigenvalue weighted by atomic mass is 9.81. The van der Waals surface area contributed by atoms with Gasteiger partial charge in [-0.15, -0.1) is 24.0 Å². The smallest absolute Gasteiger partial charge is 0.251 e. The number of guanidine groups is 1. The van der Waals surface area contributed by atoms with Gasteiger partial charge in [-0.1, -0.05) is 43.2 Å². The minimum Gasteiger partial charge on any atom is -0.356 e. The Morgan fingerprint density at radius 1 is 1.13 bits per heavy atom. The summed E-state index contributed by atoms with van der Waals surface area (Å²) in [4.78, 5) is 18.8. The Hall–Kier alpha value is -2.09. The number of aliphatic imine (C=N–C) groups is 1. The zero-order valence-corrected chi connectivity index (χ0v) is 20.1. The van der Waals surface area contributed by atoms with E-state index in [0.29, 0.717) is 5.56 Å². The van der Waals surface area contributed by atoms with Gasteiger partial charge in [0.05, 0.1) is 0 Å². The molecule has 2 N–H and O–H groups in total. The molecule has 5 nitrogen and oxygen atoms in total. The Bertz CT molecular complexity index is 921. The second-order valence-electron chi connectivity index (χ2n) is 8.09. The lowest BCUT2D eigenvalue weighted by Gasteiger charge is -2.26. The maximum atomic E-state index is 11.9. The van der Waals surface area contributed by atoms with Crippen LogP contribution in [0.1, 0.15) is 47.2 Å². The normalized spacial score (nSPS) is 16.9. The van der Waals surface area contributed by atoms with Crippen molar-refractivity contribution >= 4 is 41.5 Å². The standard InChI is InChI=1S/C24H30N4O.HI/c1-25-22(29)19-9-7-8-18(16-19)12-15-27-23(26-2)28-17-24(13-5-6-14-24)20-10-3-4-11-21(20)28;/h3-4,7-11,16H,5-6,12-15,17H2,1-2H3,(H,25,29)(H,26,27);1H. The first kappa shape index (κ1) is 22.6. The highest BCUT2D eigenvalue weighted by Crippen LogP contribution is 2.50. The number of hydrogen-bond acceptors (Lipinski definition) is 2. The molecule has 6 heteroatoms. The highest BCUT2D eigenvalue weighted by Gasteiger charge is 2.45. The second-order valence-corrected chi connectivity index (χ2v) is 8.09. The van der Waals surface area contributed by atoms with Crippen molar-refractivity contribution in [3.8, 4) is 0 Å². The summed E-state index contributed by atoms with van der Waals surface area (Å²) >= 11 is 0. The molecule has 2 aromatic rings. The number of carbonyl (C=O) groups excluding carboxylic acids is 1. The quantitative estimate of drug-likeness (QED) is 0.364. The molecule has 1 amide bonds. The van der Waals surface area contributed by atoms with Gasteiger partial charge in [-0.05, 0) is 48.6 Å². The zero-order valence-electron chi connectivity index (χ0n) is 17.8. The maximum absolute atomic E-state index is 11.9. The van der Waals surface area contributed by atoms with Gasteiger partial charge in [-0.3, -0.25) is 9.79 Å². The number of para-hydroxylation sites is 1. The van der Waals surface area contributed by atoms with Crippen molar-refractivity contribution in [1.29, 1.82) is 0 Å². The van der Waals surface area contributed by atoms with E-state index < -0.39 is 0 Å². The molecule has 30 heavy (non-hydrogen) atoms. The summed E-state index contributed by atoms with van der Waals surface area (Å²) in [7, 11) is 3.52. The lowest BCUT2D eigenvalue weighted by molar-refractivity contribution is 0.0963. The number of fused-ring (bicyclic) bond motifs is 2. The predicted molar refractivity (Wildman–Crippen MR) is 134 cm³/mol. The van der Waals surface area contributed by atoms with E-state index in [0.717, 1.165) is 31.0 Å². The van der Waals surface area contributed by atoms with E-state index in [1.807, 2.05) is 25.2 Å². The average Bonchev–Trinajstić information content (AvgIpc) is 3.37. The molecule has 0 unspecified atom stereocenters. The van der Waals surface area contributed by atoms with Crippen LogP contribution in [0.3, 0.4) is 0 Å². The topological polar surface area (TPSA) is 56.7 Å². The molecule has 1 fully saturated rings. The second kappa shape index (κ2) is 9.81. The van der Waals surface area contributed by atoms with E-state index in [9.17, 15) is 4.79 Å². The number of amides is 1. The van der Waals surface area contributed by atoms with Gasteiger partial charge in [0, 0.05) is 43.9 Å². The van der Waals surface area contributed by atoms with Crippen LogP contribution < -0.4 is 15.5 Å². The third-order valence-electron chi connectivity index (χ3n) is 6.37. The van der Waals surface area contributed by atoms with Gasteiger partial charge < -0.3 is 15.5 Å². The number of carbonyl (C=O) groups is 1. The molecule has 1 aliphatic heterocycles. The van der Waals surface area contributed by atoms with Gasteiger partial charge in [-0.2, -0.15) is 0 Å². The van der Waals surface area contributed by atoms with Crippen LogP contribution in [0.4, 0.5) is 5.69 Å². The van der Waals surface area contributed by atoms with Crippen LogP contribution >= 0.6 is 24.0 Å². The Morgan fingerprint density at radius 2 is 1.90 bits per heavy atom. The molecular formula is C24H31IN4O. The Balaban J connectivity index is 0.00000256. The van der Waals surface area contributed by atoms with Gasteiger partial charge in [0.25, 0.3) is 5.91 Å². The van der Waals surface area contributed by atoms with E-state index in [1.54, 1.807) is 7.05 Å². The molecular weight excluding hydrogens is 487 g/mol. The summed E-state index contributed by atoms with van der Waals surface area (Å²) < 4.78 is 0. The van der Waals surface area contributed by atoms with Crippen LogP contribution in [0, 0.1) is 0 Å². The largest absolute Gasteiger partial charge is 0.356 e. The van der Waals surface area contributed by atoms with Crippen LogP contribution in [-0.2, 0) is 11.8 Å². The maximum Gasteiger partial charge on any atom is 0.251 e. The van der Waals surface area contributed by atoms with E-state index in [-0.39, 0.29) is 35.3 Å². The molecule has 2 aromatic carbocycles. The van der Waals surface area contributed by atoms with Crippen molar-refractivity contribution in [2.45, 2.75) is 37.5 Å². The van der Waals surface area contributed by atoms with Crippen LogP contribution in [0.25, 0.3) is 0 Å². The summed E-state index contributed by atoms with van der Waals surface area (Å²) in [6, 6.07) is 16.6. The van der Waals surface area contributed by atoms with Crippen LogP contribution in [0.5, 0.6) is 0 Å². The molecule has 0 bridgehead atoms. The Labute approximate surface area is 196 Å². The number of nitrogens with zero attached hydrogens (tertiary/aromatic N) is 2. The SMILES string of the molecule is CN=C(NCCc1cccc(C(=O)NC)c1)N1CC2(CCCC2)c2ccccc21.I. The van der Waals surface area contributed by atoms with Gasteiger partial charge in [0.2, 0.25) is 0 Å². The van der Waals surface area contributed by atoms with Crippen molar-refractivity contribution < 1.29 is 4.79 Å². The highest BCUT2D eigenvalue weighted by atomic mass is 127. The van der Waals surface area contributed by atoms with Crippen molar-refractivity contribution in [3.05, 3.63) is 65.2 Å². The molecule has 1 heterocycles. The predicted octanol–water partition coefficient (Wildman–Crippen LogP) is 4.11. The summed E-state index contributed by atoms with van der Waals surface area (Å²) in [5.41, 5.74) is 4.91. The number of anilines is 1. The van der Waals surface area contributed by atoms with E-state index in [1.165, 1.54) is 36.9 Å². The lowest BCUT2D eigenvalue weighted by Crippen LogP contribution is -2.44. The number of benzene rings is 2. The average molecular weight is 518 g/mol. The summed E-state index contributed by atoms with van der Waals surface area (Å²) in [6.45, 7) is 1.79.